The molecule has 0 unspecified atom stereocenters. The second-order valence-corrected chi connectivity index (χ2v) is 6.13. The summed E-state index contributed by atoms with van der Waals surface area (Å²) in [6.45, 7) is 2.29. The summed E-state index contributed by atoms with van der Waals surface area (Å²) in [6.07, 6.45) is 1.96. The molecular weight excluding hydrogens is 290 g/mol. The molecule has 120 valence electrons. The number of likely N-dealkylation sites (N-methyl/N-ethyl adjacent to an activating group) is 1. The van der Waals surface area contributed by atoms with Crippen molar-refractivity contribution in [1.82, 2.24) is 9.80 Å². The zero-order valence-electron chi connectivity index (χ0n) is 12.8. The lowest BCUT2D eigenvalue weighted by molar-refractivity contribution is 0.0562. The smallest absolute Gasteiger partial charge is 0.261 e. The standard InChI is InChI=1S/C16H20F2N2O2/c1-19-8-10-4-3-7-20(13(10)9-19)16(21)14-11(17)5-6-12(18)15(14)22-2/h5-6,10,13H,3-4,7-9H2,1-2H3/t10-,13+/m0/s1. The van der Waals surface area contributed by atoms with Crippen molar-refractivity contribution >= 4 is 5.91 Å². The molecule has 0 radical (unpaired) electrons. The highest BCUT2D eigenvalue weighted by molar-refractivity contribution is 5.97. The van der Waals surface area contributed by atoms with Gasteiger partial charge in [0.2, 0.25) is 0 Å². The largest absolute Gasteiger partial charge is 0.493 e. The average molecular weight is 310 g/mol. The summed E-state index contributed by atoms with van der Waals surface area (Å²) >= 11 is 0. The fourth-order valence-corrected chi connectivity index (χ4v) is 3.72. The van der Waals surface area contributed by atoms with E-state index < -0.39 is 17.5 Å². The highest BCUT2D eigenvalue weighted by Crippen LogP contribution is 2.33. The lowest BCUT2D eigenvalue weighted by atomic mass is 9.91. The Morgan fingerprint density at radius 3 is 2.73 bits per heavy atom. The Morgan fingerprint density at radius 1 is 1.27 bits per heavy atom. The molecule has 2 aliphatic rings. The van der Waals surface area contributed by atoms with Crippen LogP contribution in [0.1, 0.15) is 23.2 Å². The maximum absolute atomic E-state index is 14.1. The molecule has 1 aromatic carbocycles. The highest BCUT2D eigenvalue weighted by Gasteiger charge is 2.41. The molecule has 0 spiro atoms. The van der Waals surface area contributed by atoms with Gasteiger partial charge in [-0.1, -0.05) is 0 Å². The normalized spacial score (nSPS) is 25.2. The number of likely N-dealkylation sites (tertiary alicyclic amines) is 2. The predicted octanol–water partition coefficient (Wildman–Crippen LogP) is 2.14. The topological polar surface area (TPSA) is 32.8 Å². The summed E-state index contributed by atoms with van der Waals surface area (Å²) in [5.41, 5.74) is -0.294. The molecule has 0 bridgehead atoms. The van der Waals surface area contributed by atoms with Crippen molar-refractivity contribution < 1.29 is 18.3 Å². The van der Waals surface area contributed by atoms with Gasteiger partial charge in [-0.25, -0.2) is 8.78 Å². The van der Waals surface area contributed by atoms with Crippen LogP contribution < -0.4 is 4.74 Å². The Kier molecular flexibility index (Phi) is 4.04. The van der Waals surface area contributed by atoms with E-state index in [0.717, 1.165) is 38.1 Å². The van der Waals surface area contributed by atoms with Gasteiger partial charge in [0.1, 0.15) is 11.4 Å². The van der Waals surface area contributed by atoms with Crippen molar-refractivity contribution in [2.45, 2.75) is 18.9 Å². The number of rotatable bonds is 2. The second kappa shape index (κ2) is 5.83. The van der Waals surface area contributed by atoms with Gasteiger partial charge in [-0.2, -0.15) is 0 Å². The molecule has 0 aliphatic carbocycles. The van der Waals surface area contributed by atoms with Crippen LogP contribution in [0.4, 0.5) is 8.78 Å². The van der Waals surface area contributed by atoms with Crippen molar-refractivity contribution in [3.8, 4) is 5.75 Å². The number of fused-ring (bicyclic) bond motifs is 1. The first-order valence-electron chi connectivity index (χ1n) is 7.54. The van der Waals surface area contributed by atoms with E-state index in [1.807, 2.05) is 7.05 Å². The van der Waals surface area contributed by atoms with E-state index in [2.05, 4.69) is 4.90 Å². The number of piperidine rings is 1. The lowest BCUT2D eigenvalue weighted by Gasteiger charge is -2.37. The first-order chi connectivity index (χ1) is 10.5. The number of nitrogens with zero attached hydrogens (tertiary/aromatic N) is 2. The first kappa shape index (κ1) is 15.2. The minimum absolute atomic E-state index is 0.0682. The van der Waals surface area contributed by atoms with Gasteiger partial charge in [-0.3, -0.25) is 4.79 Å². The Bertz CT molecular complexity index is 594. The van der Waals surface area contributed by atoms with Gasteiger partial charge in [0.15, 0.2) is 11.6 Å². The number of ether oxygens (including phenoxy) is 1. The molecule has 2 aliphatic heterocycles. The SMILES string of the molecule is COc1c(F)ccc(F)c1C(=O)N1CCC[C@H]2CN(C)C[C@H]21. The Balaban J connectivity index is 1.95. The van der Waals surface area contributed by atoms with Crippen LogP contribution in [0.3, 0.4) is 0 Å². The molecule has 0 aromatic heterocycles. The van der Waals surface area contributed by atoms with Gasteiger partial charge in [0.25, 0.3) is 5.91 Å². The monoisotopic (exact) mass is 310 g/mol. The minimum atomic E-state index is -0.739. The third-order valence-electron chi connectivity index (χ3n) is 4.70. The maximum Gasteiger partial charge on any atom is 0.261 e. The molecule has 3 rings (SSSR count). The van der Waals surface area contributed by atoms with E-state index in [9.17, 15) is 13.6 Å². The van der Waals surface area contributed by atoms with Crippen LogP contribution in [-0.2, 0) is 0 Å². The molecule has 2 saturated heterocycles. The summed E-state index contributed by atoms with van der Waals surface area (Å²) in [4.78, 5) is 16.7. The van der Waals surface area contributed by atoms with Crippen molar-refractivity contribution in [1.29, 1.82) is 0 Å². The van der Waals surface area contributed by atoms with Gasteiger partial charge >= 0.3 is 0 Å². The number of hydrogen-bond acceptors (Lipinski definition) is 3. The third kappa shape index (κ3) is 2.45. The first-order valence-corrected chi connectivity index (χ1v) is 7.54. The van der Waals surface area contributed by atoms with Crippen LogP contribution >= 0.6 is 0 Å². The van der Waals surface area contributed by atoms with Crippen molar-refractivity contribution in [2.24, 2.45) is 5.92 Å². The van der Waals surface area contributed by atoms with Gasteiger partial charge in [-0.05, 0) is 37.9 Å². The minimum Gasteiger partial charge on any atom is -0.493 e. The molecule has 0 N–H and O–H groups in total. The molecule has 1 amide bonds. The molecule has 0 saturated carbocycles. The average Bonchev–Trinajstić information content (AvgIpc) is 2.88. The summed E-state index contributed by atoms with van der Waals surface area (Å²) in [6, 6.07) is 2.03. The fraction of sp³-hybridized carbons (Fsp3) is 0.562. The number of halogens is 2. The number of benzene rings is 1. The zero-order chi connectivity index (χ0) is 15.9. The number of methoxy groups -OCH3 is 1. The number of carbonyl (C=O) groups excluding carboxylic acids is 1. The van der Waals surface area contributed by atoms with Crippen LogP contribution in [-0.4, -0.2) is 55.5 Å². The third-order valence-corrected chi connectivity index (χ3v) is 4.70. The lowest BCUT2D eigenvalue weighted by Crippen LogP contribution is -2.48. The Hall–Kier alpha value is -1.69. The van der Waals surface area contributed by atoms with Gasteiger partial charge in [0.05, 0.1) is 7.11 Å². The number of hydrogen-bond donors (Lipinski definition) is 0. The van der Waals surface area contributed by atoms with E-state index in [0.29, 0.717) is 12.5 Å². The van der Waals surface area contributed by atoms with Crippen molar-refractivity contribution in [3.05, 3.63) is 29.3 Å². The maximum atomic E-state index is 14.1. The van der Waals surface area contributed by atoms with Crippen LogP contribution in [0.5, 0.6) is 5.75 Å². The van der Waals surface area contributed by atoms with Crippen LogP contribution in [0, 0.1) is 17.6 Å². The van der Waals surface area contributed by atoms with Crippen LogP contribution in [0.25, 0.3) is 0 Å². The molecule has 6 heteroatoms. The van der Waals surface area contributed by atoms with E-state index in [4.69, 9.17) is 4.74 Å². The summed E-state index contributed by atoms with van der Waals surface area (Å²) in [7, 11) is 3.27. The summed E-state index contributed by atoms with van der Waals surface area (Å²) < 4.78 is 32.9. The zero-order valence-corrected chi connectivity index (χ0v) is 12.8. The van der Waals surface area contributed by atoms with Gasteiger partial charge in [0, 0.05) is 25.7 Å². The molecule has 2 heterocycles. The van der Waals surface area contributed by atoms with E-state index in [-0.39, 0.29) is 17.4 Å². The van der Waals surface area contributed by atoms with Gasteiger partial charge in [-0.15, -0.1) is 0 Å². The summed E-state index contributed by atoms with van der Waals surface area (Å²) in [5, 5.41) is 0. The molecular formula is C16H20F2N2O2. The van der Waals surface area contributed by atoms with Crippen molar-refractivity contribution in [2.75, 3.05) is 33.8 Å². The van der Waals surface area contributed by atoms with Crippen molar-refractivity contribution in [3.63, 3.8) is 0 Å². The predicted molar refractivity (Wildman–Crippen MR) is 78.0 cm³/mol. The molecule has 2 atom stereocenters. The highest BCUT2D eigenvalue weighted by atomic mass is 19.1. The number of amides is 1. The van der Waals surface area contributed by atoms with Gasteiger partial charge < -0.3 is 14.5 Å². The fourth-order valence-electron chi connectivity index (χ4n) is 3.72. The quantitative estimate of drug-likeness (QED) is 0.839. The van der Waals surface area contributed by atoms with E-state index >= 15 is 0 Å². The summed E-state index contributed by atoms with van der Waals surface area (Å²) in [5.74, 6) is -1.83. The molecule has 1 aromatic rings. The van der Waals surface area contributed by atoms with E-state index in [1.165, 1.54) is 7.11 Å². The molecule has 2 fully saturated rings. The Labute approximate surface area is 128 Å². The molecule has 22 heavy (non-hydrogen) atoms. The Morgan fingerprint density at radius 2 is 2.00 bits per heavy atom. The van der Waals surface area contributed by atoms with Crippen LogP contribution in [0.15, 0.2) is 12.1 Å². The second-order valence-electron chi connectivity index (χ2n) is 6.13. The van der Waals surface area contributed by atoms with Crippen LogP contribution in [0.2, 0.25) is 0 Å². The molecule has 4 nitrogen and oxygen atoms in total. The number of carbonyl (C=O) groups is 1. The van der Waals surface area contributed by atoms with E-state index in [1.54, 1.807) is 4.90 Å².